The van der Waals surface area contributed by atoms with Gasteiger partial charge in [0.05, 0.1) is 11.4 Å². The molecule has 3 rings (SSSR count). The van der Waals surface area contributed by atoms with Gasteiger partial charge in [-0.05, 0) is 77.8 Å². The van der Waals surface area contributed by atoms with Gasteiger partial charge in [0, 0.05) is 0 Å². The summed E-state index contributed by atoms with van der Waals surface area (Å²) in [5.41, 5.74) is 7.79. The van der Waals surface area contributed by atoms with Crippen LogP contribution in [0.1, 0.15) is 101 Å². The van der Waals surface area contributed by atoms with Gasteiger partial charge in [-0.3, -0.25) is 0 Å². The van der Waals surface area contributed by atoms with Crippen LogP contribution in [0.3, 0.4) is 0 Å². The van der Waals surface area contributed by atoms with Crippen molar-refractivity contribution in [3.63, 3.8) is 0 Å². The van der Waals surface area contributed by atoms with Gasteiger partial charge in [-0.2, -0.15) is 0 Å². The first-order valence-electron chi connectivity index (χ1n) is 11.2. The van der Waals surface area contributed by atoms with Crippen molar-refractivity contribution in [1.82, 2.24) is 0 Å². The fraction of sp³-hybridized carbons (Fsp3) is 0.444. The molecule has 0 N–H and O–H groups in total. The number of hydrogen-bond donors (Lipinski definition) is 0. The molecule has 0 unspecified atom stereocenters. The Bertz CT molecular complexity index is 843. The maximum absolute atomic E-state index is 3.89. The summed E-state index contributed by atoms with van der Waals surface area (Å²) in [7, 11) is 0. The van der Waals surface area contributed by atoms with Gasteiger partial charge < -0.3 is 9.80 Å². The Hall–Kier alpha value is -1.26. The summed E-state index contributed by atoms with van der Waals surface area (Å²) in [6.45, 7) is 21.8. The Kier molecular flexibility index (Phi) is 7.63. The molecule has 31 heavy (non-hydrogen) atoms. The third kappa shape index (κ3) is 4.61. The van der Waals surface area contributed by atoms with E-state index >= 15 is 0 Å². The van der Waals surface area contributed by atoms with Crippen molar-refractivity contribution in [2.45, 2.75) is 79.1 Å². The molecule has 1 heterocycles. The minimum Gasteiger partial charge on any atom is -0.301 e. The highest BCUT2D eigenvalue weighted by molar-refractivity contribution is 9.14. The lowest BCUT2D eigenvalue weighted by Gasteiger charge is -2.30. The molecular weight excluding hydrogens is 512 g/mol. The van der Waals surface area contributed by atoms with E-state index in [1.807, 2.05) is 0 Å². The van der Waals surface area contributed by atoms with Gasteiger partial charge >= 0.3 is 0 Å². The molecular formula is C27H34Br2N2. The molecule has 0 saturated carbocycles. The highest BCUT2D eigenvalue weighted by Crippen LogP contribution is 2.48. The topological polar surface area (TPSA) is 6.48 Å². The summed E-state index contributed by atoms with van der Waals surface area (Å²) < 4.78 is 1.96. The first kappa shape index (κ1) is 24.4. The van der Waals surface area contributed by atoms with Crippen molar-refractivity contribution in [2.24, 2.45) is 0 Å². The Labute approximate surface area is 206 Å². The number of rotatable bonds is 6. The lowest BCUT2D eigenvalue weighted by atomic mass is 9.91. The molecule has 166 valence electrons. The number of para-hydroxylation sites is 2. The second-order valence-corrected chi connectivity index (χ2v) is 11.0. The lowest BCUT2D eigenvalue weighted by molar-refractivity contribution is 0.818. The Morgan fingerprint density at radius 2 is 0.806 bits per heavy atom. The molecule has 0 spiro atoms. The van der Waals surface area contributed by atoms with Crippen LogP contribution in [0.4, 0.5) is 11.4 Å². The zero-order valence-corrected chi connectivity index (χ0v) is 23.1. The molecule has 1 aliphatic heterocycles. The van der Waals surface area contributed by atoms with Gasteiger partial charge in [-0.1, -0.05) is 91.8 Å². The number of nitrogens with zero attached hydrogens (tertiary/aromatic N) is 2. The summed E-state index contributed by atoms with van der Waals surface area (Å²) in [6.07, 6.45) is 0. The van der Waals surface area contributed by atoms with E-state index in [-0.39, 0.29) is 0 Å². The van der Waals surface area contributed by atoms with Crippen LogP contribution < -0.4 is 9.80 Å². The van der Waals surface area contributed by atoms with Crippen molar-refractivity contribution in [3.8, 4) is 0 Å². The van der Waals surface area contributed by atoms with Gasteiger partial charge in [-0.25, -0.2) is 0 Å². The SMILES string of the molecule is CC(C)c1cccc(C(C)C)c1N1[C]N(c2c(C(C)C)cccc2C(C)C)C(Br)=C1Br. The van der Waals surface area contributed by atoms with E-state index in [2.05, 4.69) is 140 Å². The molecule has 0 aliphatic carbocycles. The molecule has 2 radical (unpaired) electrons. The summed E-state index contributed by atoms with van der Waals surface area (Å²) >= 11 is 7.78. The largest absolute Gasteiger partial charge is 0.301 e. The van der Waals surface area contributed by atoms with Gasteiger partial charge in [-0.15, -0.1) is 0 Å². The van der Waals surface area contributed by atoms with Crippen LogP contribution in [0.2, 0.25) is 0 Å². The van der Waals surface area contributed by atoms with Gasteiger partial charge in [0.15, 0.2) is 0 Å². The molecule has 4 heteroatoms. The minimum atomic E-state index is 0.415. The van der Waals surface area contributed by atoms with Gasteiger partial charge in [0.1, 0.15) is 9.21 Å². The zero-order valence-electron chi connectivity index (χ0n) is 19.9. The third-order valence-corrected chi connectivity index (χ3v) is 7.89. The fourth-order valence-electron chi connectivity index (χ4n) is 4.21. The Morgan fingerprint density at radius 1 is 0.548 bits per heavy atom. The van der Waals surface area contributed by atoms with E-state index in [4.69, 9.17) is 0 Å². The van der Waals surface area contributed by atoms with E-state index in [0.29, 0.717) is 23.7 Å². The number of hydrogen-bond acceptors (Lipinski definition) is 2. The molecule has 2 nitrogen and oxygen atoms in total. The van der Waals surface area contributed by atoms with E-state index in [1.165, 1.54) is 33.6 Å². The van der Waals surface area contributed by atoms with E-state index < -0.39 is 0 Å². The molecule has 0 fully saturated rings. The molecule has 2 aromatic carbocycles. The van der Waals surface area contributed by atoms with Crippen LogP contribution in [0.25, 0.3) is 0 Å². The van der Waals surface area contributed by atoms with E-state index in [0.717, 1.165) is 9.21 Å². The maximum atomic E-state index is 3.89. The summed E-state index contributed by atoms with van der Waals surface area (Å²) in [5.74, 6) is 1.66. The first-order chi connectivity index (χ1) is 14.6. The summed E-state index contributed by atoms with van der Waals surface area (Å²) in [5, 5.41) is 0. The predicted octanol–water partition coefficient (Wildman–Crippen LogP) is 9.42. The molecule has 0 amide bonds. The third-order valence-electron chi connectivity index (χ3n) is 5.89. The van der Waals surface area contributed by atoms with Crippen LogP contribution in [0, 0.1) is 6.67 Å². The highest BCUT2D eigenvalue weighted by atomic mass is 79.9. The van der Waals surface area contributed by atoms with Crippen molar-refractivity contribution < 1.29 is 0 Å². The number of anilines is 2. The molecule has 2 aromatic rings. The summed E-state index contributed by atoms with van der Waals surface area (Å²) in [4.78, 5) is 4.38. The molecule has 1 aliphatic rings. The Balaban J connectivity index is 2.19. The zero-order chi connectivity index (χ0) is 23.0. The lowest BCUT2D eigenvalue weighted by Crippen LogP contribution is -2.24. The highest BCUT2D eigenvalue weighted by Gasteiger charge is 2.35. The molecule has 0 bridgehead atoms. The standard InChI is InChI=1S/C27H34Br2N2/c1-16(2)20-11-9-12-21(17(3)4)24(20)30-15-31(27(29)26(30)28)25-22(18(5)6)13-10-14-23(25)19(7)8/h9-14,16-19H,1-8H3. The van der Waals surface area contributed by atoms with Crippen molar-refractivity contribution >= 4 is 43.2 Å². The first-order valence-corrected chi connectivity index (χ1v) is 12.8. The second kappa shape index (κ2) is 9.70. The smallest absolute Gasteiger partial charge is 0.219 e. The van der Waals surface area contributed by atoms with Crippen LogP contribution in [-0.4, -0.2) is 0 Å². The fourth-order valence-corrected chi connectivity index (χ4v) is 5.08. The van der Waals surface area contributed by atoms with Gasteiger partial charge in [0.2, 0.25) is 6.67 Å². The van der Waals surface area contributed by atoms with Crippen molar-refractivity contribution in [1.29, 1.82) is 0 Å². The monoisotopic (exact) mass is 544 g/mol. The summed E-state index contributed by atoms with van der Waals surface area (Å²) in [6, 6.07) is 13.3. The minimum absolute atomic E-state index is 0.415. The van der Waals surface area contributed by atoms with Gasteiger partial charge in [0.25, 0.3) is 0 Å². The van der Waals surface area contributed by atoms with Crippen LogP contribution in [0.15, 0.2) is 45.6 Å². The number of benzene rings is 2. The van der Waals surface area contributed by atoms with Crippen molar-refractivity contribution in [2.75, 3.05) is 9.80 Å². The normalized spacial score (nSPS) is 14.9. The molecule has 0 atom stereocenters. The van der Waals surface area contributed by atoms with Crippen LogP contribution in [-0.2, 0) is 0 Å². The second-order valence-electron chi connectivity index (χ2n) is 9.54. The predicted molar refractivity (Wildman–Crippen MR) is 142 cm³/mol. The molecule has 0 aromatic heterocycles. The van der Waals surface area contributed by atoms with Crippen LogP contribution in [0.5, 0.6) is 0 Å². The van der Waals surface area contributed by atoms with E-state index in [1.54, 1.807) is 0 Å². The average molecular weight is 546 g/mol. The average Bonchev–Trinajstić information content (AvgIpc) is 3.00. The Morgan fingerprint density at radius 3 is 1.03 bits per heavy atom. The van der Waals surface area contributed by atoms with Crippen molar-refractivity contribution in [3.05, 3.63) is 74.5 Å². The molecule has 0 saturated heterocycles. The number of halogens is 2. The maximum Gasteiger partial charge on any atom is 0.219 e. The quantitative estimate of drug-likeness (QED) is 0.333. The van der Waals surface area contributed by atoms with Crippen LogP contribution >= 0.6 is 31.9 Å². The van der Waals surface area contributed by atoms with E-state index in [9.17, 15) is 0 Å².